The molecule has 0 unspecified atom stereocenters. The highest BCUT2D eigenvalue weighted by Gasteiger charge is 2.13. The van der Waals surface area contributed by atoms with Crippen molar-refractivity contribution in [2.24, 2.45) is 0 Å². The average Bonchev–Trinajstić information content (AvgIpc) is 2.56. The molecular formula is C15H11NS. The summed E-state index contributed by atoms with van der Waals surface area (Å²) in [5.41, 5.74) is 4.77. The highest BCUT2D eigenvalue weighted by atomic mass is 32.2. The molecule has 2 aromatic carbocycles. The van der Waals surface area contributed by atoms with E-state index in [1.807, 2.05) is 23.9 Å². The van der Waals surface area contributed by atoms with E-state index in [4.69, 9.17) is 5.26 Å². The second kappa shape index (κ2) is 4.27. The summed E-state index contributed by atoms with van der Waals surface area (Å²) in [7, 11) is 0. The minimum Gasteiger partial charge on any atom is -0.192 e. The SMILES string of the molecule is N#Cc1ccc2c(c1)Cc1ccccc1SC2. The van der Waals surface area contributed by atoms with Gasteiger partial charge in [-0.15, -0.1) is 11.8 Å². The van der Waals surface area contributed by atoms with E-state index in [0.29, 0.717) is 0 Å². The van der Waals surface area contributed by atoms with Crippen molar-refractivity contribution in [3.8, 4) is 6.07 Å². The molecule has 0 saturated heterocycles. The molecule has 0 fully saturated rings. The fourth-order valence-electron chi connectivity index (χ4n) is 2.15. The second-order valence-corrected chi connectivity index (χ2v) is 5.19. The second-order valence-electron chi connectivity index (χ2n) is 4.17. The molecule has 0 bridgehead atoms. The molecule has 0 aromatic heterocycles. The summed E-state index contributed by atoms with van der Waals surface area (Å²) >= 11 is 1.88. The lowest BCUT2D eigenvalue weighted by atomic mass is 9.99. The van der Waals surface area contributed by atoms with Crippen LogP contribution in [-0.2, 0) is 12.2 Å². The van der Waals surface area contributed by atoms with E-state index in [9.17, 15) is 0 Å². The predicted octanol–water partition coefficient (Wildman–Crippen LogP) is 3.75. The van der Waals surface area contributed by atoms with Crippen LogP contribution in [0, 0.1) is 11.3 Å². The minimum atomic E-state index is 0.758. The quantitative estimate of drug-likeness (QED) is 0.696. The molecule has 0 amide bonds. The molecule has 2 heteroatoms. The maximum Gasteiger partial charge on any atom is 0.0991 e. The molecule has 82 valence electrons. The monoisotopic (exact) mass is 237 g/mol. The average molecular weight is 237 g/mol. The standard InChI is InChI=1S/C15H11NS/c16-9-11-5-6-13-10-17-15-4-2-1-3-12(15)8-14(13)7-11/h1-7H,8,10H2. The third-order valence-electron chi connectivity index (χ3n) is 3.07. The Kier molecular flexibility index (Phi) is 2.62. The van der Waals surface area contributed by atoms with Crippen molar-refractivity contribution in [1.82, 2.24) is 0 Å². The van der Waals surface area contributed by atoms with E-state index in [2.05, 4.69) is 36.4 Å². The van der Waals surface area contributed by atoms with Crippen molar-refractivity contribution in [2.75, 3.05) is 0 Å². The van der Waals surface area contributed by atoms with Gasteiger partial charge in [-0.2, -0.15) is 5.26 Å². The van der Waals surface area contributed by atoms with Gasteiger partial charge in [0.25, 0.3) is 0 Å². The topological polar surface area (TPSA) is 23.8 Å². The number of rotatable bonds is 0. The molecule has 0 spiro atoms. The van der Waals surface area contributed by atoms with Crippen molar-refractivity contribution >= 4 is 11.8 Å². The fraction of sp³-hybridized carbons (Fsp3) is 0.133. The Morgan fingerprint density at radius 2 is 1.88 bits per heavy atom. The van der Waals surface area contributed by atoms with Crippen LogP contribution in [0.4, 0.5) is 0 Å². The maximum absolute atomic E-state index is 8.95. The summed E-state index contributed by atoms with van der Waals surface area (Å²) in [6.07, 6.45) is 0.939. The van der Waals surface area contributed by atoms with Gasteiger partial charge < -0.3 is 0 Å². The molecule has 0 radical (unpaired) electrons. The van der Waals surface area contributed by atoms with Gasteiger partial charge in [0.05, 0.1) is 11.6 Å². The highest BCUT2D eigenvalue weighted by molar-refractivity contribution is 7.98. The van der Waals surface area contributed by atoms with E-state index in [1.54, 1.807) is 0 Å². The Balaban J connectivity index is 2.09. The van der Waals surface area contributed by atoms with Gasteiger partial charge >= 0.3 is 0 Å². The zero-order chi connectivity index (χ0) is 11.7. The van der Waals surface area contributed by atoms with Crippen LogP contribution < -0.4 is 0 Å². The van der Waals surface area contributed by atoms with Gasteiger partial charge in [-0.05, 0) is 41.3 Å². The van der Waals surface area contributed by atoms with Crippen LogP contribution in [0.3, 0.4) is 0 Å². The number of nitrogens with zero attached hydrogens (tertiary/aromatic N) is 1. The molecule has 0 aliphatic carbocycles. The number of nitriles is 1. The van der Waals surface area contributed by atoms with Crippen LogP contribution in [0.25, 0.3) is 0 Å². The number of hydrogen-bond donors (Lipinski definition) is 0. The van der Waals surface area contributed by atoms with E-state index in [1.165, 1.54) is 21.6 Å². The maximum atomic E-state index is 8.95. The number of fused-ring (bicyclic) bond motifs is 2. The summed E-state index contributed by atoms with van der Waals surface area (Å²) in [4.78, 5) is 1.36. The van der Waals surface area contributed by atoms with E-state index in [0.717, 1.165) is 17.7 Å². The number of benzene rings is 2. The Labute approximate surface area is 105 Å². The fourth-order valence-corrected chi connectivity index (χ4v) is 3.25. The Morgan fingerprint density at radius 1 is 1.00 bits per heavy atom. The highest BCUT2D eigenvalue weighted by Crippen LogP contribution is 2.33. The molecule has 1 nitrogen and oxygen atoms in total. The van der Waals surface area contributed by atoms with Crippen molar-refractivity contribution in [3.63, 3.8) is 0 Å². The van der Waals surface area contributed by atoms with Gasteiger partial charge in [0.1, 0.15) is 0 Å². The first-order valence-electron chi connectivity index (χ1n) is 5.59. The Bertz CT molecular complexity index is 611. The molecule has 1 heterocycles. The van der Waals surface area contributed by atoms with Crippen LogP contribution in [0.5, 0.6) is 0 Å². The number of hydrogen-bond acceptors (Lipinski definition) is 2. The molecule has 17 heavy (non-hydrogen) atoms. The first kappa shape index (κ1) is 10.4. The summed E-state index contributed by atoms with van der Waals surface area (Å²) in [5.74, 6) is 0.998. The molecule has 1 aliphatic rings. The molecular weight excluding hydrogens is 226 g/mol. The summed E-state index contributed by atoms with van der Waals surface area (Å²) in [6.45, 7) is 0. The van der Waals surface area contributed by atoms with E-state index >= 15 is 0 Å². The van der Waals surface area contributed by atoms with Crippen LogP contribution in [0.2, 0.25) is 0 Å². The molecule has 3 rings (SSSR count). The van der Waals surface area contributed by atoms with Crippen LogP contribution in [-0.4, -0.2) is 0 Å². The van der Waals surface area contributed by atoms with E-state index < -0.39 is 0 Å². The van der Waals surface area contributed by atoms with Crippen molar-refractivity contribution in [1.29, 1.82) is 5.26 Å². The van der Waals surface area contributed by atoms with E-state index in [-0.39, 0.29) is 0 Å². The normalized spacial score (nSPS) is 13.1. The molecule has 0 N–H and O–H groups in total. The lowest BCUT2D eigenvalue weighted by Crippen LogP contribution is -1.93. The first-order valence-corrected chi connectivity index (χ1v) is 6.58. The lowest BCUT2D eigenvalue weighted by Gasteiger charge is -2.05. The van der Waals surface area contributed by atoms with Gasteiger partial charge in [-0.1, -0.05) is 24.3 Å². The van der Waals surface area contributed by atoms with Crippen molar-refractivity contribution in [3.05, 3.63) is 64.7 Å². The largest absolute Gasteiger partial charge is 0.192 e. The zero-order valence-corrected chi connectivity index (χ0v) is 10.1. The molecule has 1 aliphatic heterocycles. The summed E-state index contributed by atoms with van der Waals surface area (Å²) in [5, 5.41) is 8.95. The van der Waals surface area contributed by atoms with Crippen LogP contribution >= 0.6 is 11.8 Å². The third kappa shape index (κ3) is 1.94. The van der Waals surface area contributed by atoms with Crippen LogP contribution in [0.15, 0.2) is 47.4 Å². The Hall–Kier alpha value is -1.72. The van der Waals surface area contributed by atoms with Gasteiger partial charge in [-0.25, -0.2) is 0 Å². The van der Waals surface area contributed by atoms with Gasteiger partial charge in [0.15, 0.2) is 0 Å². The minimum absolute atomic E-state index is 0.758. The lowest BCUT2D eigenvalue weighted by molar-refractivity contribution is 1.12. The van der Waals surface area contributed by atoms with Gasteiger partial charge in [0, 0.05) is 10.6 Å². The van der Waals surface area contributed by atoms with Gasteiger partial charge in [0.2, 0.25) is 0 Å². The Morgan fingerprint density at radius 3 is 2.76 bits per heavy atom. The summed E-state index contributed by atoms with van der Waals surface area (Å²) in [6, 6.07) is 16.8. The molecule has 0 saturated carbocycles. The van der Waals surface area contributed by atoms with Crippen LogP contribution in [0.1, 0.15) is 22.3 Å². The zero-order valence-electron chi connectivity index (χ0n) is 9.31. The van der Waals surface area contributed by atoms with Crippen molar-refractivity contribution in [2.45, 2.75) is 17.1 Å². The predicted molar refractivity (Wildman–Crippen MR) is 70.0 cm³/mol. The third-order valence-corrected chi connectivity index (χ3v) is 4.24. The molecule has 0 atom stereocenters. The number of thioether (sulfide) groups is 1. The first-order chi connectivity index (χ1) is 8.36. The van der Waals surface area contributed by atoms with Gasteiger partial charge in [-0.3, -0.25) is 0 Å². The van der Waals surface area contributed by atoms with Crippen molar-refractivity contribution < 1.29 is 0 Å². The smallest absolute Gasteiger partial charge is 0.0991 e. The molecule has 2 aromatic rings. The summed E-state index contributed by atoms with van der Waals surface area (Å²) < 4.78 is 0.